The summed E-state index contributed by atoms with van der Waals surface area (Å²) in [5, 5.41) is 13.3. The molecule has 1 fully saturated rings. The second-order valence-corrected chi connectivity index (χ2v) is 8.09. The molecule has 2 aromatic heterocycles. The van der Waals surface area contributed by atoms with E-state index < -0.39 is 0 Å². The lowest BCUT2D eigenvalue weighted by molar-refractivity contribution is 0.255. The molecule has 146 valence electrons. The van der Waals surface area contributed by atoms with E-state index in [2.05, 4.69) is 29.3 Å². The highest BCUT2D eigenvalue weighted by molar-refractivity contribution is 5.89. The molecule has 0 bridgehead atoms. The van der Waals surface area contributed by atoms with Crippen LogP contribution in [0.2, 0.25) is 0 Å². The molecule has 0 amide bonds. The summed E-state index contributed by atoms with van der Waals surface area (Å²) >= 11 is 0. The van der Waals surface area contributed by atoms with Gasteiger partial charge in [0.05, 0.1) is 16.9 Å². The number of pyridine rings is 2. The van der Waals surface area contributed by atoms with E-state index in [9.17, 15) is 5.11 Å². The molecule has 1 aliphatic rings. The zero-order valence-corrected chi connectivity index (χ0v) is 16.6. The fourth-order valence-corrected chi connectivity index (χ4v) is 4.16. The van der Waals surface area contributed by atoms with Crippen molar-refractivity contribution in [1.82, 2.24) is 14.9 Å². The van der Waals surface area contributed by atoms with Gasteiger partial charge in [-0.3, -0.25) is 4.98 Å². The van der Waals surface area contributed by atoms with Gasteiger partial charge in [0, 0.05) is 24.3 Å². The molecule has 0 unspecified atom stereocenters. The summed E-state index contributed by atoms with van der Waals surface area (Å²) in [5.41, 5.74) is 4.73. The van der Waals surface area contributed by atoms with Gasteiger partial charge in [-0.1, -0.05) is 0 Å². The molecular formula is C23H28N4O. The molecular weight excluding hydrogens is 348 g/mol. The van der Waals surface area contributed by atoms with E-state index in [1.807, 2.05) is 36.5 Å². The zero-order chi connectivity index (χ0) is 19.5. The summed E-state index contributed by atoms with van der Waals surface area (Å²) in [6, 6.07) is 13.7. The van der Waals surface area contributed by atoms with Crippen molar-refractivity contribution in [2.24, 2.45) is 5.92 Å². The van der Waals surface area contributed by atoms with Crippen molar-refractivity contribution in [3.8, 4) is 17.0 Å². The highest BCUT2D eigenvalue weighted by Crippen LogP contribution is 2.30. The molecule has 1 saturated carbocycles. The lowest BCUT2D eigenvalue weighted by Crippen LogP contribution is -2.31. The molecule has 4 rings (SSSR count). The van der Waals surface area contributed by atoms with Gasteiger partial charge in [0.2, 0.25) is 0 Å². The fraction of sp³-hybridized carbons (Fsp3) is 0.391. The first-order valence-electron chi connectivity index (χ1n) is 10.0. The number of aromatic nitrogens is 2. The Hall–Kier alpha value is -2.66. The van der Waals surface area contributed by atoms with Crippen molar-refractivity contribution < 1.29 is 5.11 Å². The number of benzene rings is 1. The second-order valence-electron chi connectivity index (χ2n) is 8.09. The van der Waals surface area contributed by atoms with Crippen LogP contribution in [0.5, 0.6) is 5.75 Å². The molecule has 2 N–H and O–H groups in total. The minimum atomic E-state index is 0.262. The van der Waals surface area contributed by atoms with E-state index in [1.165, 1.54) is 32.2 Å². The van der Waals surface area contributed by atoms with Crippen LogP contribution in [0.3, 0.4) is 0 Å². The van der Waals surface area contributed by atoms with Crippen LogP contribution in [0, 0.1) is 5.92 Å². The summed E-state index contributed by atoms with van der Waals surface area (Å²) in [7, 11) is 4.32. The Kier molecular flexibility index (Phi) is 5.44. The Morgan fingerprint density at radius 2 is 1.75 bits per heavy atom. The standard InChI is InChI=1S/C23H28N4O/c1-27(2)15-16-3-7-18(8-4-16)25-22-13-14-24-21-12-11-20(26-23(21)22)17-5-9-19(28)10-6-17/h5-6,9-14,16,18,28H,3-4,7-8,15H2,1-2H3,(H,24,25). The number of phenols is 1. The minimum absolute atomic E-state index is 0.262. The quantitative estimate of drug-likeness (QED) is 0.685. The SMILES string of the molecule is CN(C)CC1CCC(Nc2ccnc3ccc(-c4ccc(O)cc4)nc23)CC1. The summed E-state index contributed by atoms with van der Waals surface area (Å²) in [6.45, 7) is 1.18. The molecule has 3 aromatic rings. The molecule has 2 heterocycles. The molecule has 0 aliphatic heterocycles. The average molecular weight is 377 g/mol. The average Bonchev–Trinajstić information content (AvgIpc) is 2.70. The van der Waals surface area contributed by atoms with Gasteiger partial charge in [-0.05, 0) is 88.2 Å². The summed E-state index contributed by atoms with van der Waals surface area (Å²) in [4.78, 5) is 11.7. The number of rotatable bonds is 5. The number of aromatic hydroxyl groups is 1. The van der Waals surface area contributed by atoms with Crippen molar-refractivity contribution in [3.05, 3.63) is 48.7 Å². The van der Waals surface area contributed by atoms with Gasteiger partial charge in [-0.25, -0.2) is 4.98 Å². The monoisotopic (exact) mass is 376 g/mol. The van der Waals surface area contributed by atoms with Crippen LogP contribution in [0.25, 0.3) is 22.3 Å². The van der Waals surface area contributed by atoms with E-state index in [-0.39, 0.29) is 5.75 Å². The van der Waals surface area contributed by atoms with Crippen molar-refractivity contribution in [1.29, 1.82) is 0 Å². The molecule has 28 heavy (non-hydrogen) atoms. The van der Waals surface area contributed by atoms with Crippen LogP contribution in [-0.4, -0.2) is 46.7 Å². The van der Waals surface area contributed by atoms with Crippen LogP contribution in [0.15, 0.2) is 48.7 Å². The Morgan fingerprint density at radius 1 is 1.00 bits per heavy atom. The number of nitrogens with zero attached hydrogens (tertiary/aromatic N) is 3. The lowest BCUT2D eigenvalue weighted by Gasteiger charge is -2.31. The highest BCUT2D eigenvalue weighted by Gasteiger charge is 2.22. The molecule has 5 nitrogen and oxygen atoms in total. The van der Waals surface area contributed by atoms with Crippen LogP contribution < -0.4 is 5.32 Å². The smallest absolute Gasteiger partial charge is 0.115 e. The number of hydrogen-bond donors (Lipinski definition) is 2. The molecule has 1 aliphatic carbocycles. The van der Waals surface area contributed by atoms with Crippen molar-refractivity contribution >= 4 is 16.7 Å². The van der Waals surface area contributed by atoms with Gasteiger partial charge >= 0.3 is 0 Å². The van der Waals surface area contributed by atoms with Crippen molar-refractivity contribution in [2.75, 3.05) is 26.0 Å². The fourth-order valence-electron chi connectivity index (χ4n) is 4.16. The molecule has 0 spiro atoms. The third-order valence-corrected chi connectivity index (χ3v) is 5.58. The topological polar surface area (TPSA) is 61.3 Å². The maximum atomic E-state index is 9.53. The summed E-state index contributed by atoms with van der Waals surface area (Å²) < 4.78 is 0. The van der Waals surface area contributed by atoms with Crippen LogP contribution in [-0.2, 0) is 0 Å². The molecule has 0 radical (unpaired) electrons. The van der Waals surface area contributed by atoms with Crippen LogP contribution >= 0.6 is 0 Å². The van der Waals surface area contributed by atoms with E-state index in [4.69, 9.17) is 4.98 Å². The molecule has 0 saturated heterocycles. The number of phenolic OH excluding ortho intramolecular Hbond substituents is 1. The third-order valence-electron chi connectivity index (χ3n) is 5.58. The van der Waals surface area contributed by atoms with Gasteiger partial charge in [-0.2, -0.15) is 0 Å². The van der Waals surface area contributed by atoms with Crippen molar-refractivity contribution in [2.45, 2.75) is 31.7 Å². The lowest BCUT2D eigenvalue weighted by atomic mass is 9.85. The van der Waals surface area contributed by atoms with Gasteiger partial charge in [0.25, 0.3) is 0 Å². The Morgan fingerprint density at radius 3 is 2.46 bits per heavy atom. The van der Waals surface area contributed by atoms with E-state index in [0.29, 0.717) is 6.04 Å². The first kappa shape index (κ1) is 18.7. The Bertz CT molecular complexity index is 931. The van der Waals surface area contributed by atoms with E-state index >= 15 is 0 Å². The molecule has 1 aromatic carbocycles. The van der Waals surface area contributed by atoms with Crippen LogP contribution in [0.4, 0.5) is 5.69 Å². The highest BCUT2D eigenvalue weighted by atomic mass is 16.3. The number of hydrogen-bond acceptors (Lipinski definition) is 5. The summed E-state index contributed by atoms with van der Waals surface area (Å²) in [5.74, 6) is 1.07. The predicted octanol–water partition coefficient (Wildman–Crippen LogP) is 4.53. The Balaban J connectivity index is 1.54. The van der Waals surface area contributed by atoms with Gasteiger partial charge in [0.1, 0.15) is 11.3 Å². The molecule has 5 heteroatoms. The first-order chi connectivity index (χ1) is 13.6. The second kappa shape index (κ2) is 8.15. The number of nitrogens with one attached hydrogen (secondary N) is 1. The van der Waals surface area contributed by atoms with E-state index in [0.717, 1.165) is 33.9 Å². The zero-order valence-electron chi connectivity index (χ0n) is 16.6. The normalized spacial score (nSPS) is 19.8. The van der Waals surface area contributed by atoms with Crippen LogP contribution in [0.1, 0.15) is 25.7 Å². The first-order valence-corrected chi connectivity index (χ1v) is 10.0. The largest absolute Gasteiger partial charge is 0.508 e. The maximum absolute atomic E-state index is 9.53. The van der Waals surface area contributed by atoms with E-state index in [1.54, 1.807) is 12.1 Å². The van der Waals surface area contributed by atoms with Crippen molar-refractivity contribution in [3.63, 3.8) is 0 Å². The Labute approximate surface area is 166 Å². The summed E-state index contributed by atoms with van der Waals surface area (Å²) in [6.07, 6.45) is 6.78. The van der Waals surface area contributed by atoms with Gasteiger partial charge < -0.3 is 15.3 Å². The number of fused-ring (bicyclic) bond motifs is 1. The molecule has 0 atom stereocenters. The number of anilines is 1. The third kappa shape index (κ3) is 4.25. The van der Waals surface area contributed by atoms with Gasteiger partial charge in [0.15, 0.2) is 0 Å². The maximum Gasteiger partial charge on any atom is 0.115 e. The van der Waals surface area contributed by atoms with Gasteiger partial charge in [-0.15, -0.1) is 0 Å². The predicted molar refractivity (Wildman–Crippen MR) is 115 cm³/mol. The minimum Gasteiger partial charge on any atom is -0.508 e.